The lowest BCUT2D eigenvalue weighted by molar-refractivity contribution is 0.486. The van der Waals surface area contributed by atoms with Crippen LogP contribution in [0.5, 0.6) is 0 Å². The van der Waals surface area contributed by atoms with Crippen LogP contribution in [0.15, 0.2) is 0 Å². The molecule has 0 spiro atoms. The van der Waals surface area contributed by atoms with Gasteiger partial charge in [0.15, 0.2) is 11.9 Å². The summed E-state index contributed by atoms with van der Waals surface area (Å²) in [4.78, 5) is 1.70. The van der Waals surface area contributed by atoms with Gasteiger partial charge in [-0.2, -0.15) is 0 Å². The van der Waals surface area contributed by atoms with Gasteiger partial charge in [0.1, 0.15) is 0 Å². The van der Waals surface area contributed by atoms with Gasteiger partial charge in [-0.05, 0) is 6.42 Å². The molecule has 11 heavy (non-hydrogen) atoms. The molecule has 5 heteroatoms. The SMILES string of the molecule is CCCN(C)C(=N)NC(=N)N. The van der Waals surface area contributed by atoms with E-state index < -0.39 is 0 Å². The van der Waals surface area contributed by atoms with Crippen LogP contribution in [0.1, 0.15) is 13.3 Å². The van der Waals surface area contributed by atoms with Crippen molar-refractivity contribution in [3.05, 3.63) is 0 Å². The number of hydrogen-bond acceptors (Lipinski definition) is 2. The molecular formula is C6H15N5. The third-order valence-electron chi connectivity index (χ3n) is 1.19. The molecule has 0 amide bonds. The van der Waals surface area contributed by atoms with Gasteiger partial charge in [0.05, 0.1) is 0 Å². The fraction of sp³-hybridized carbons (Fsp3) is 0.667. The number of rotatable bonds is 2. The van der Waals surface area contributed by atoms with Crippen molar-refractivity contribution in [2.24, 2.45) is 5.73 Å². The van der Waals surface area contributed by atoms with E-state index in [4.69, 9.17) is 16.6 Å². The Hall–Kier alpha value is -1.26. The van der Waals surface area contributed by atoms with Crippen LogP contribution in [0.2, 0.25) is 0 Å². The molecule has 5 nitrogen and oxygen atoms in total. The zero-order valence-corrected chi connectivity index (χ0v) is 6.94. The Morgan fingerprint density at radius 3 is 2.45 bits per heavy atom. The van der Waals surface area contributed by atoms with E-state index in [0.29, 0.717) is 0 Å². The average molecular weight is 157 g/mol. The van der Waals surface area contributed by atoms with E-state index in [1.54, 1.807) is 11.9 Å². The number of guanidine groups is 2. The van der Waals surface area contributed by atoms with E-state index in [-0.39, 0.29) is 11.9 Å². The van der Waals surface area contributed by atoms with Gasteiger partial charge in [0, 0.05) is 13.6 Å². The second-order valence-electron chi connectivity index (χ2n) is 2.31. The Morgan fingerprint density at radius 1 is 1.55 bits per heavy atom. The first kappa shape index (κ1) is 9.74. The minimum Gasteiger partial charge on any atom is -0.370 e. The molecule has 0 aliphatic rings. The maximum absolute atomic E-state index is 7.32. The molecule has 0 fully saturated rings. The van der Waals surface area contributed by atoms with Crippen LogP contribution < -0.4 is 11.1 Å². The summed E-state index contributed by atoms with van der Waals surface area (Å²) in [7, 11) is 1.78. The van der Waals surface area contributed by atoms with E-state index in [1.165, 1.54) is 0 Å². The second kappa shape index (κ2) is 4.54. The first-order chi connectivity index (χ1) is 5.07. The highest BCUT2D eigenvalue weighted by molar-refractivity contribution is 5.94. The lowest BCUT2D eigenvalue weighted by Gasteiger charge is -2.18. The highest BCUT2D eigenvalue weighted by Crippen LogP contribution is 1.84. The van der Waals surface area contributed by atoms with Gasteiger partial charge in [0.2, 0.25) is 0 Å². The summed E-state index contributed by atoms with van der Waals surface area (Å²) < 4.78 is 0. The van der Waals surface area contributed by atoms with Crippen molar-refractivity contribution in [3.8, 4) is 0 Å². The minimum atomic E-state index is -0.196. The van der Waals surface area contributed by atoms with E-state index in [0.717, 1.165) is 13.0 Å². The van der Waals surface area contributed by atoms with Crippen molar-refractivity contribution in [2.45, 2.75) is 13.3 Å². The van der Waals surface area contributed by atoms with E-state index in [9.17, 15) is 0 Å². The largest absolute Gasteiger partial charge is 0.370 e. The van der Waals surface area contributed by atoms with Gasteiger partial charge in [-0.1, -0.05) is 6.92 Å². The fourth-order valence-electron chi connectivity index (χ4n) is 0.670. The first-order valence-corrected chi connectivity index (χ1v) is 3.48. The van der Waals surface area contributed by atoms with Crippen molar-refractivity contribution in [2.75, 3.05) is 13.6 Å². The number of hydrogen-bond donors (Lipinski definition) is 4. The van der Waals surface area contributed by atoms with E-state index in [2.05, 4.69) is 5.32 Å². The second-order valence-corrected chi connectivity index (χ2v) is 2.31. The zero-order chi connectivity index (χ0) is 8.85. The quantitative estimate of drug-likeness (QED) is 0.329. The molecule has 0 bridgehead atoms. The van der Waals surface area contributed by atoms with Crippen LogP contribution >= 0.6 is 0 Å². The smallest absolute Gasteiger partial charge is 0.197 e. The van der Waals surface area contributed by atoms with Gasteiger partial charge >= 0.3 is 0 Å². The van der Waals surface area contributed by atoms with Crippen molar-refractivity contribution >= 4 is 11.9 Å². The van der Waals surface area contributed by atoms with Crippen LogP contribution in [0, 0.1) is 10.8 Å². The maximum Gasteiger partial charge on any atom is 0.197 e. The molecule has 0 radical (unpaired) electrons. The normalized spacial score (nSPS) is 8.91. The molecule has 5 N–H and O–H groups in total. The molecule has 0 saturated carbocycles. The summed E-state index contributed by atoms with van der Waals surface area (Å²) in [6, 6.07) is 0. The zero-order valence-electron chi connectivity index (χ0n) is 6.94. The maximum atomic E-state index is 7.32. The molecule has 0 atom stereocenters. The summed E-state index contributed by atoms with van der Waals surface area (Å²) in [6.45, 7) is 2.82. The highest BCUT2D eigenvalue weighted by Gasteiger charge is 2.01. The summed E-state index contributed by atoms with van der Waals surface area (Å²) >= 11 is 0. The summed E-state index contributed by atoms with van der Waals surface area (Å²) in [5.41, 5.74) is 5.03. The number of nitrogens with zero attached hydrogens (tertiary/aromatic N) is 1. The number of nitrogens with two attached hydrogens (primary N) is 1. The van der Waals surface area contributed by atoms with Gasteiger partial charge < -0.3 is 10.6 Å². The predicted octanol–water partition coefficient (Wildman–Crippen LogP) is -0.254. The molecule has 0 aromatic carbocycles. The highest BCUT2D eigenvalue weighted by atomic mass is 15.3. The third kappa shape index (κ3) is 4.19. The van der Waals surface area contributed by atoms with Crippen molar-refractivity contribution in [1.29, 1.82) is 10.8 Å². The molecule has 0 heterocycles. The van der Waals surface area contributed by atoms with Gasteiger partial charge in [-0.15, -0.1) is 0 Å². The molecule has 0 aromatic rings. The Morgan fingerprint density at radius 2 is 2.09 bits per heavy atom. The van der Waals surface area contributed by atoms with Crippen LogP contribution in [0.25, 0.3) is 0 Å². The van der Waals surface area contributed by atoms with E-state index >= 15 is 0 Å². The van der Waals surface area contributed by atoms with Gasteiger partial charge in [0.25, 0.3) is 0 Å². The van der Waals surface area contributed by atoms with Crippen LogP contribution in [0.3, 0.4) is 0 Å². The van der Waals surface area contributed by atoms with Crippen molar-refractivity contribution < 1.29 is 0 Å². The fourth-order valence-corrected chi connectivity index (χ4v) is 0.670. The molecule has 0 aliphatic heterocycles. The topological polar surface area (TPSA) is 89.0 Å². The lowest BCUT2D eigenvalue weighted by atomic mass is 10.4. The monoisotopic (exact) mass is 157 g/mol. The van der Waals surface area contributed by atoms with Gasteiger partial charge in [-0.3, -0.25) is 16.1 Å². The molecule has 0 rings (SSSR count). The first-order valence-electron chi connectivity index (χ1n) is 3.48. The van der Waals surface area contributed by atoms with E-state index in [1.807, 2.05) is 6.92 Å². The standard InChI is InChI=1S/C6H15N5/c1-3-4-11(2)6(9)10-5(7)8/h3-4H2,1-2H3,(H5,7,8,9,10). The Labute approximate surface area is 66.6 Å². The predicted molar refractivity (Wildman–Crippen MR) is 45.7 cm³/mol. The summed E-state index contributed by atoms with van der Waals surface area (Å²) in [5.74, 6) is -0.0303. The Bertz CT molecular complexity index is 153. The molecule has 64 valence electrons. The molecule has 0 unspecified atom stereocenters. The van der Waals surface area contributed by atoms with Crippen LogP contribution in [-0.2, 0) is 0 Å². The molecule has 0 aromatic heterocycles. The van der Waals surface area contributed by atoms with Gasteiger partial charge in [-0.25, -0.2) is 0 Å². The number of nitrogens with one attached hydrogen (secondary N) is 3. The minimum absolute atomic E-state index is 0.166. The average Bonchev–Trinajstić information content (AvgIpc) is 1.86. The van der Waals surface area contributed by atoms with Crippen LogP contribution in [-0.4, -0.2) is 30.4 Å². The lowest BCUT2D eigenvalue weighted by Crippen LogP contribution is -2.44. The summed E-state index contributed by atoms with van der Waals surface area (Å²) in [5, 5.41) is 16.6. The Kier molecular flexibility index (Phi) is 4.02. The van der Waals surface area contributed by atoms with Crippen molar-refractivity contribution in [1.82, 2.24) is 10.2 Å². The Balaban J connectivity index is 3.73. The summed E-state index contributed by atoms with van der Waals surface area (Å²) in [6.07, 6.45) is 0.971. The third-order valence-corrected chi connectivity index (χ3v) is 1.19. The molecule has 0 aliphatic carbocycles. The van der Waals surface area contributed by atoms with Crippen LogP contribution in [0.4, 0.5) is 0 Å². The molecular weight excluding hydrogens is 142 g/mol. The molecule has 0 saturated heterocycles. The van der Waals surface area contributed by atoms with Crippen molar-refractivity contribution in [3.63, 3.8) is 0 Å².